The van der Waals surface area contributed by atoms with E-state index in [1.54, 1.807) is 37.4 Å². The summed E-state index contributed by atoms with van der Waals surface area (Å²) in [6.07, 6.45) is 13.9. The molecule has 9 N–H and O–H groups in total. The zero-order valence-corrected chi connectivity index (χ0v) is 86.7. The lowest BCUT2D eigenvalue weighted by molar-refractivity contribution is -0.385. The van der Waals surface area contributed by atoms with Gasteiger partial charge in [-0.3, -0.25) is 59.0 Å². The predicted molar refractivity (Wildman–Crippen MR) is 557 cm³/mol. The van der Waals surface area contributed by atoms with Crippen molar-refractivity contribution in [2.45, 2.75) is 85.0 Å². The van der Waals surface area contributed by atoms with E-state index in [-0.39, 0.29) is 56.8 Å². The molecule has 4 aromatic heterocycles. The van der Waals surface area contributed by atoms with Gasteiger partial charge in [-0.25, -0.2) is 13.6 Å². The van der Waals surface area contributed by atoms with Crippen molar-refractivity contribution in [1.29, 1.82) is 0 Å². The van der Waals surface area contributed by atoms with Crippen LogP contribution in [0.15, 0.2) is 209 Å². The first kappa shape index (κ1) is 110. The number of non-ortho nitro benzene ring substituents is 1. The van der Waals surface area contributed by atoms with Crippen LogP contribution in [-0.2, 0) is 64.1 Å². The van der Waals surface area contributed by atoms with Crippen LogP contribution in [0.1, 0.15) is 77.3 Å². The lowest BCUT2D eigenvalue weighted by atomic mass is 9.82. The van der Waals surface area contributed by atoms with Crippen molar-refractivity contribution in [3.8, 4) is 22.5 Å². The number of thiocarbonyl (C=S) groups is 1. The van der Waals surface area contributed by atoms with E-state index in [4.69, 9.17) is 138 Å². The largest absolute Gasteiger partial charge is 0.490 e. The van der Waals surface area contributed by atoms with Gasteiger partial charge in [0.25, 0.3) is 17.1 Å². The normalized spacial score (nSPS) is 12.0. The smallest absolute Gasteiger partial charge is 0.463 e. The number of ether oxygens (including phenoxy) is 1. The Morgan fingerprint density at radius 1 is 0.537 bits per heavy atom. The van der Waals surface area contributed by atoms with Gasteiger partial charge in [-0.1, -0.05) is 160 Å². The van der Waals surface area contributed by atoms with Gasteiger partial charge in [0.05, 0.1) is 88.9 Å². The first-order valence-corrected chi connectivity index (χ1v) is 47.4. The maximum atomic E-state index is 13.4. The Balaban J connectivity index is 0.000000184. The van der Waals surface area contributed by atoms with Crippen LogP contribution >= 0.6 is 210 Å². The van der Waals surface area contributed by atoms with Gasteiger partial charge in [0.2, 0.25) is 11.8 Å². The number of esters is 1. The number of nitro groups is 3. The highest BCUT2D eigenvalue weighted by Crippen LogP contribution is 2.41. The number of carbonyl (C=O) groups excluding carboxylic acids is 3. The van der Waals surface area contributed by atoms with Crippen molar-refractivity contribution >= 4 is 290 Å². The van der Waals surface area contributed by atoms with Crippen LogP contribution in [0.4, 0.5) is 54.3 Å². The van der Waals surface area contributed by atoms with Crippen molar-refractivity contribution in [2.24, 2.45) is 0 Å². The quantitative estimate of drug-likeness (QED) is 0.0114. The second-order valence-electron chi connectivity index (χ2n) is 27.8. The highest BCUT2D eigenvalue weighted by Gasteiger charge is 2.27. The number of hydrogen-bond donors (Lipinski definition) is 7. The highest BCUT2D eigenvalue weighted by molar-refractivity contribution is 14.1. The molecule has 0 radical (unpaired) electrons. The summed E-state index contributed by atoms with van der Waals surface area (Å²) in [5, 5.41) is 78.4. The molecule has 18 rings (SSSR count). The van der Waals surface area contributed by atoms with E-state index in [2.05, 4.69) is 139 Å². The van der Waals surface area contributed by atoms with Gasteiger partial charge in [-0.15, -0.1) is 20.4 Å². The minimum atomic E-state index is -1.65. The van der Waals surface area contributed by atoms with Crippen molar-refractivity contribution in [3.63, 3.8) is 0 Å². The summed E-state index contributed by atoms with van der Waals surface area (Å²) in [5.74, 6) is 2.54. The standard InChI is InChI=1S/C16H12ClFN4.C11H9BrClN3.C9H7BrClNO.C9H7BrClNS.C9H8ClNO.C6H3ClINO2.C6H5ClIN.C6H5ClN2O2.C6H4ClNO2.C5H5BFNO2.C5H8O2/c1-9-20-21-15-5-3-13-14(22(9)15)4-2-12(16(13)17)10-6-11(18)8-19-7-10;1-6-14-15-10-5-2-7-9(16(6)10)4-3-8(12)11(7)13;2*10-6-2-3-7-5(9(6)11)1-4-8(13)12-7;10-7-2-1-3-8-6(7)4-5-9(12)11-8;7-4-2-1-3-5(6(4)8)9(10)11;7-4-2-1-3-5(9)6(4)8;7-4-2-1-3-5(6(4)8)9(10)11;7-5-2-1-3-6(4-5)8(9)10;7-5-1-4(6(9)10)2-8-3-5;1-3-5(6)7-4-2/h2,4,6-8H,3,5H2,1H3;3-4H,2,5H2,1H3;2*2-3H,1,4H2,(H,12,13);1-3H,4-5H2,(H,11,12);1-3H;1-3H,9H2;1-3H,8H2;1-4H;1-3,9-10H;3H,1,4H2,2H3. The van der Waals surface area contributed by atoms with Gasteiger partial charge < -0.3 is 42.2 Å². The number of pyridine rings is 2. The number of aryl methyl sites for hydroxylation is 4. The molecule has 5 aliphatic heterocycles. The number of halogens is 16. The zero-order valence-electron chi connectivity index (χ0n) is 70.0. The van der Waals surface area contributed by atoms with Crippen LogP contribution in [-0.4, -0.2) is 101 Å². The maximum absolute atomic E-state index is 13.4. The molecule has 0 fully saturated rings. The van der Waals surface area contributed by atoms with Crippen LogP contribution in [0.2, 0.25) is 45.2 Å². The third kappa shape index (κ3) is 31.4. The SMILES string of the molecule is C=CC(=O)OCC.Cc1nnc2n1-c1ccc(-c3cncc(F)c3)c(Cl)c1CC2.Cc1nnc2n1-c1ccc(Br)c(Cl)c1CC2.Nc1c(Cl)cccc1[N+](=O)[O-].Nc1cccc(Cl)c1I.O=C1CCc2c(Cl)cccc2N1.O=C1CCc2c(ccc(Br)c2Cl)N1.O=[N+]([O-])c1cccc(Cl)c1.O=[N+]([O-])c1cccc(Cl)c1I.OB(O)c1cncc(F)c1.S=C1CCc2c(ccc(Br)c2Cl)N1. The second-order valence-corrected chi connectivity index (χ2v) is 36.6. The van der Waals surface area contributed by atoms with Crippen LogP contribution in [0, 0.1) is 63.0 Å². The fourth-order valence-corrected chi connectivity index (χ4v) is 16.9. The number of carbonyl (C=O) groups is 3. The second kappa shape index (κ2) is 53.5. The minimum Gasteiger partial charge on any atom is -0.463 e. The van der Waals surface area contributed by atoms with Crippen LogP contribution in [0.3, 0.4) is 0 Å². The third-order valence-corrected chi connectivity index (χ3v) is 28.1. The lowest BCUT2D eigenvalue weighted by Gasteiger charge is -2.21. The van der Waals surface area contributed by atoms with Gasteiger partial charge in [0.1, 0.15) is 44.2 Å². The summed E-state index contributed by atoms with van der Waals surface area (Å²) in [4.78, 5) is 69.5. The lowest BCUT2D eigenvalue weighted by Crippen LogP contribution is -2.30. The van der Waals surface area contributed by atoms with Gasteiger partial charge in [-0.05, 0) is 271 Å². The molecule has 0 saturated heterocycles. The molecule has 9 aromatic carbocycles. The van der Waals surface area contributed by atoms with E-state index in [0.717, 1.165) is 197 Å². The van der Waals surface area contributed by atoms with Crippen molar-refractivity contribution in [3.05, 3.63) is 354 Å². The molecule has 0 saturated carbocycles. The molecule has 134 heavy (non-hydrogen) atoms. The van der Waals surface area contributed by atoms with Crippen LogP contribution in [0.5, 0.6) is 0 Å². The van der Waals surface area contributed by atoms with E-state index < -0.39 is 27.7 Å². The highest BCUT2D eigenvalue weighted by atomic mass is 127. The molecule has 0 spiro atoms. The fraction of sp³-hybridized carbons (Fsp3) is 0.159. The molecular formula is C88H73BBr3Cl9F2I2N16O12S. The predicted octanol–water partition coefficient (Wildman–Crippen LogP) is 24.7. The summed E-state index contributed by atoms with van der Waals surface area (Å²) in [6.45, 7) is 9.26. The van der Waals surface area contributed by atoms with E-state index in [1.165, 1.54) is 60.4 Å². The first-order chi connectivity index (χ1) is 63.6. The van der Waals surface area contributed by atoms with E-state index in [9.17, 15) is 53.5 Å². The minimum absolute atomic E-state index is 0.0131. The molecule has 2 amide bonds. The molecule has 0 aliphatic carbocycles. The summed E-state index contributed by atoms with van der Waals surface area (Å²) in [6, 6.07) is 43.8. The molecule has 0 bridgehead atoms. The molecule has 13 aromatic rings. The molecule has 698 valence electrons. The summed E-state index contributed by atoms with van der Waals surface area (Å²) in [7, 11) is -1.65. The number of nitrogens with one attached hydrogen (secondary N) is 3. The number of nitro benzene ring substituents is 3. The van der Waals surface area contributed by atoms with Crippen LogP contribution < -0.4 is 32.9 Å². The van der Waals surface area contributed by atoms with E-state index >= 15 is 0 Å². The Morgan fingerprint density at radius 3 is 1.47 bits per heavy atom. The number of nitrogen functional groups attached to an aromatic ring is 2. The van der Waals surface area contributed by atoms with Crippen molar-refractivity contribution in [1.82, 2.24) is 39.5 Å². The monoisotopic (exact) mass is 2430 g/mol. The van der Waals surface area contributed by atoms with Gasteiger partial charge in [0.15, 0.2) is 0 Å². The molecular weight excluding hydrogens is 2370 g/mol. The van der Waals surface area contributed by atoms with Gasteiger partial charge in [-0.2, -0.15) is 0 Å². The Kier molecular flexibility index (Phi) is 43.9. The number of aromatic nitrogens is 8. The average molecular weight is 2440 g/mol. The zero-order chi connectivity index (χ0) is 98.5. The number of benzene rings is 9. The number of rotatable bonds is 7. The molecule has 0 atom stereocenters. The molecule has 5 aliphatic rings. The van der Waals surface area contributed by atoms with Crippen molar-refractivity contribution in [2.75, 3.05) is 34.0 Å². The number of hydrogen-bond acceptors (Lipinski definition) is 21. The molecule has 46 heteroatoms. The maximum Gasteiger partial charge on any atom is 0.490 e. The molecule has 9 heterocycles. The fourth-order valence-electron chi connectivity index (χ4n) is 12.5. The summed E-state index contributed by atoms with van der Waals surface area (Å²) in [5.41, 5.74) is 23.3. The summed E-state index contributed by atoms with van der Waals surface area (Å²) < 4.78 is 38.4. The number of anilines is 5. The topological polar surface area (TPSA) is 406 Å². The van der Waals surface area contributed by atoms with Gasteiger partial charge in [0, 0.05) is 138 Å². The number of fused-ring (bicyclic) bond motifs is 9. The van der Waals surface area contributed by atoms with E-state index in [0.29, 0.717) is 48.7 Å². The number of amides is 2. The Hall–Kier alpha value is -9.25. The number of para-hydroxylation sites is 1. The Labute approximate surface area is 869 Å². The average Bonchev–Trinajstić information content (AvgIpc) is 1.50. The molecule has 0 unspecified atom stereocenters. The molecule has 28 nitrogen and oxygen atoms in total. The van der Waals surface area contributed by atoms with Crippen LogP contribution in [0.25, 0.3) is 22.5 Å². The first-order valence-electron chi connectivity index (χ1n) is 39.1. The Bertz CT molecular complexity index is 6380. The third-order valence-electron chi connectivity index (χ3n) is 18.8. The number of nitrogens with zero attached hydrogens (tertiary/aromatic N) is 11. The number of nitrogens with two attached hydrogens (primary N) is 2. The Morgan fingerprint density at radius 2 is 0.993 bits per heavy atom. The summed E-state index contributed by atoms with van der Waals surface area (Å²) >= 11 is 72.6. The van der Waals surface area contributed by atoms with Gasteiger partial charge >= 0.3 is 13.1 Å². The van der Waals surface area contributed by atoms with E-state index in [1.807, 2.05) is 120 Å². The van der Waals surface area contributed by atoms with Crippen molar-refractivity contribution < 1.29 is 52.7 Å².